The fraction of sp³-hybridized carbons (Fsp3) is 0.200. The average molecular weight is 272 g/mol. The highest BCUT2D eigenvalue weighted by Crippen LogP contribution is 2.37. The van der Waals surface area contributed by atoms with E-state index in [9.17, 15) is 10.1 Å². The van der Waals surface area contributed by atoms with Crippen LogP contribution in [0.1, 0.15) is 16.7 Å². The molecule has 0 heterocycles. The van der Waals surface area contributed by atoms with E-state index in [0.717, 1.165) is 16.7 Å². The predicted octanol–water partition coefficient (Wildman–Crippen LogP) is 3.89. The third-order valence-corrected chi connectivity index (χ3v) is 3.20. The number of hydrogen-bond donors (Lipinski definition) is 1. The van der Waals surface area contributed by atoms with Crippen LogP contribution in [0.3, 0.4) is 0 Å². The minimum atomic E-state index is -0.525. The van der Waals surface area contributed by atoms with Crippen LogP contribution in [-0.2, 0) is 0 Å². The van der Waals surface area contributed by atoms with Gasteiger partial charge in [0.25, 0.3) is 0 Å². The van der Waals surface area contributed by atoms with Crippen LogP contribution >= 0.6 is 0 Å². The monoisotopic (exact) mass is 272 g/mol. The Kier molecular flexibility index (Phi) is 3.61. The normalized spacial score (nSPS) is 10.3. The van der Waals surface area contributed by atoms with E-state index in [2.05, 4.69) is 0 Å². The Bertz CT molecular complexity index is 681. The maximum Gasteiger partial charge on any atom is 0.334 e. The molecule has 0 amide bonds. The topological polar surface area (TPSA) is 78.4 Å². The molecule has 0 bridgehead atoms. The maximum absolute atomic E-state index is 11.1. The summed E-state index contributed by atoms with van der Waals surface area (Å²) in [4.78, 5) is 10.6. The summed E-state index contributed by atoms with van der Waals surface area (Å²) in [6, 6.07) is 8.56. The highest BCUT2D eigenvalue weighted by molar-refractivity contribution is 5.66. The first-order chi connectivity index (χ1) is 9.40. The van der Waals surface area contributed by atoms with Crippen LogP contribution in [0.5, 0.6) is 11.5 Å². The van der Waals surface area contributed by atoms with Crippen molar-refractivity contribution in [3.05, 3.63) is 57.1 Å². The molecular weight excluding hydrogens is 256 g/mol. The van der Waals surface area contributed by atoms with Crippen molar-refractivity contribution in [2.75, 3.05) is 5.73 Å². The van der Waals surface area contributed by atoms with Gasteiger partial charge in [-0.05, 0) is 55.7 Å². The molecule has 2 rings (SSSR count). The number of para-hydroxylation sites is 1. The molecule has 0 saturated carbocycles. The molecule has 0 aromatic heterocycles. The molecule has 20 heavy (non-hydrogen) atoms. The second-order valence-electron chi connectivity index (χ2n) is 4.76. The van der Waals surface area contributed by atoms with Crippen molar-refractivity contribution in [1.29, 1.82) is 0 Å². The first kappa shape index (κ1) is 13.9. The lowest BCUT2D eigenvalue weighted by Gasteiger charge is -2.12. The fourth-order valence-corrected chi connectivity index (χ4v) is 2.04. The maximum atomic E-state index is 11.1. The second-order valence-corrected chi connectivity index (χ2v) is 4.76. The molecule has 5 heteroatoms. The summed E-state index contributed by atoms with van der Waals surface area (Å²) in [6.45, 7) is 5.85. The van der Waals surface area contributed by atoms with Crippen molar-refractivity contribution in [3.63, 3.8) is 0 Å². The molecule has 104 valence electrons. The van der Waals surface area contributed by atoms with E-state index in [1.54, 1.807) is 12.1 Å². The Hall–Kier alpha value is -2.56. The summed E-state index contributed by atoms with van der Waals surface area (Å²) in [6.07, 6.45) is 0. The Balaban J connectivity index is 2.51. The quantitative estimate of drug-likeness (QED) is 0.522. The van der Waals surface area contributed by atoms with E-state index in [1.165, 1.54) is 6.07 Å². The molecule has 0 aliphatic carbocycles. The lowest BCUT2D eigenvalue weighted by molar-refractivity contribution is -0.384. The molecular formula is C15H16N2O3. The van der Waals surface area contributed by atoms with Crippen molar-refractivity contribution in [1.82, 2.24) is 0 Å². The van der Waals surface area contributed by atoms with Crippen molar-refractivity contribution in [3.8, 4) is 11.5 Å². The molecule has 2 aromatic carbocycles. The summed E-state index contributed by atoms with van der Waals surface area (Å²) in [5.41, 5.74) is 8.61. The SMILES string of the molecule is Cc1cc(C)c(C)c(Oc2cccc(N)c2[N+](=O)[O-])c1. The third-order valence-electron chi connectivity index (χ3n) is 3.20. The summed E-state index contributed by atoms with van der Waals surface area (Å²) < 4.78 is 5.72. The molecule has 0 unspecified atom stereocenters. The van der Waals surface area contributed by atoms with Crippen molar-refractivity contribution in [2.24, 2.45) is 0 Å². The molecule has 0 saturated heterocycles. The minimum Gasteiger partial charge on any atom is -0.450 e. The number of nitrogens with two attached hydrogens (primary N) is 1. The van der Waals surface area contributed by atoms with E-state index in [1.807, 2.05) is 32.9 Å². The molecule has 0 fully saturated rings. The number of anilines is 1. The Morgan fingerprint density at radius 3 is 2.50 bits per heavy atom. The van der Waals surface area contributed by atoms with Gasteiger partial charge >= 0.3 is 5.69 Å². The van der Waals surface area contributed by atoms with Gasteiger partial charge in [-0.25, -0.2) is 0 Å². The number of ether oxygens (including phenoxy) is 1. The summed E-state index contributed by atoms with van der Waals surface area (Å²) in [5, 5.41) is 11.1. The highest BCUT2D eigenvalue weighted by Gasteiger charge is 2.20. The lowest BCUT2D eigenvalue weighted by atomic mass is 10.1. The van der Waals surface area contributed by atoms with Crippen molar-refractivity contribution >= 4 is 11.4 Å². The molecule has 2 N–H and O–H groups in total. The van der Waals surface area contributed by atoms with E-state index in [-0.39, 0.29) is 17.1 Å². The first-order valence-electron chi connectivity index (χ1n) is 6.18. The van der Waals surface area contributed by atoms with Gasteiger partial charge in [-0.15, -0.1) is 0 Å². The molecule has 0 radical (unpaired) electrons. The zero-order valence-corrected chi connectivity index (χ0v) is 11.6. The number of aryl methyl sites for hydroxylation is 2. The number of nitro benzene ring substituents is 1. The van der Waals surface area contributed by atoms with Gasteiger partial charge in [0.05, 0.1) is 4.92 Å². The van der Waals surface area contributed by atoms with Gasteiger partial charge in [0.2, 0.25) is 5.75 Å². The van der Waals surface area contributed by atoms with Gasteiger partial charge in [0, 0.05) is 0 Å². The number of benzene rings is 2. The largest absolute Gasteiger partial charge is 0.450 e. The lowest BCUT2D eigenvalue weighted by Crippen LogP contribution is -1.99. The van der Waals surface area contributed by atoms with Crippen molar-refractivity contribution < 1.29 is 9.66 Å². The van der Waals surface area contributed by atoms with Crippen LogP contribution in [0.25, 0.3) is 0 Å². The molecule has 0 aliphatic rings. The van der Waals surface area contributed by atoms with E-state index >= 15 is 0 Å². The molecule has 2 aromatic rings. The number of hydrogen-bond acceptors (Lipinski definition) is 4. The standard InChI is InChI=1S/C15H16N2O3/c1-9-7-10(2)11(3)14(8-9)20-13-6-4-5-12(16)15(13)17(18)19/h4-8H,16H2,1-3H3. The van der Waals surface area contributed by atoms with E-state index in [4.69, 9.17) is 10.5 Å². The molecule has 0 aliphatic heterocycles. The zero-order valence-electron chi connectivity index (χ0n) is 11.6. The van der Waals surface area contributed by atoms with Crippen LogP contribution < -0.4 is 10.5 Å². The van der Waals surface area contributed by atoms with Gasteiger partial charge in [-0.1, -0.05) is 12.1 Å². The molecule has 0 atom stereocenters. The summed E-state index contributed by atoms with van der Waals surface area (Å²) >= 11 is 0. The van der Waals surface area contributed by atoms with Crippen LogP contribution in [0.15, 0.2) is 30.3 Å². The van der Waals surface area contributed by atoms with E-state index in [0.29, 0.717) is 5.75 Å². The molecule has 0 spiro atoms. The average Bonchev–Trinajstić information content (AvgIpc) is 2.35. The van der Waals surface area contributed by atoms with Gasteiger partial charge in [0.1, 0.15) is 11.4 Å². The first-order valence-corrected chi connectivity index (χ1v) is 6.18. The Morgan fingerprint density at radius 2 is 1.85 bits per heavy atom. The van der Waals surface area contributed by atoms with E-state index < -0.39 is 4.92 Å². The second kappa shape index (κ2) is 5.21. The van der Waals surface area contributed by atoms with Crippen LogP contribution in [-0.4, -0.2) is 4.92 Å². The van der Waals surface area contributed by atoms with Crippen LogP contribution in [0.4, 0.5) is 11.4 Å². The number of nitrogens with zero attached hydrogens (tertiary/aromatic N) is 1. The molecule has 5 nitrogen and oxygen atoms in total. The Labute approximate surface area is 117 Å². The number of nitrogen functional groups attached to an aromatic ring is 1. The fourth-order valence-electron chi connectivity index (χ4n) is 2.04. The zero-order chi connectivity index (χ0) is 14.9. The summed E-state index contributed by atoms with van der Waals surface area (Å²) in [7, 11) is 0. The summed E-state index contributed by atoms with van der Waals surface area (Å²) in [5.74, 6) is 0.763. The van der Waals surface area contributed by atoms with Gasteiger partial charge in [-0.3, -0.25) is 10.1 Å². The van der Waals surface area contributed by atoms with Gasteiger partial charge in [-0.2, -0.15) is 0 Å². The minimum absolute atomic E-state index is 0.0922. The smallest absolute Gasteiger partial charge is 0.334 e. The van der Waals surface area contributed by atoms with Gasteiger partial charge in [0.15, 0.2) is 0 Å². The van der Waals surface area contributed by atoms with Crippen LogP contribution in [0, 0.1) is 30.9 Å². The predicted molar refractivity (Wildman–Crippen MR) is 78.2 cm³/mol. The number of rotatable bonds is 3. The van der Waals surface area contributed by atoms with Crippen LogP contribution in [0.2, 0.25) is 0 Å². The van der Waals surface area contributed by atoms with Gasteiger partial charge < -0.3 is 10.5 Å². The van der Waals surface area contributed by atoms with Crippen molar-refractivity contribution in [2.45, 2.75) is 20.8 Å². The number of nitro groups is 1. The highest BCUT2D eigenvalue weighted by atomic mass is 16.6. The third kappa shape index (κ3) is 2.56. The Morgan fingerprint density at radius 1 is 1.15 bits per heavy atom.